The smallest absolute Gasteiger partial charge is 0.245 e. The first-order valence-corrected chi connectivity index (χ1v) is 11.6. The van der Waals surface area contributed by atoms with Crippen LogP contribution in [0, 0.1) is 11.8 Å². The topological polar surface area (TPSA) is 128 Å². The highest BCUT2D eigenvalue weighted by atomic mass is 16.5. The van der Waals surface area contributed by atoms with Gasteiger partial charge in [-0.1, -0.05) is 53.4 Å². The van der Waals surface area contributed by atoms with Gasteiger partial charge in [0.1, 0.15) is 6.04 Å². The maximum Gasteiger partial charge on any atom is 0.245 e. The van der Waals surface area contributed by atoms with E-state index >= 15 is 0 Å². The SMILES string of the molecule is CCCCC[C@H](CC(=O)NO)C(=O)N1NCCC[C@H]1C(=O)N[C@@H](C(=O)CC)[C@H](C)CC. The molecular weight excluding hydrogens is 400 g/mol. The van der Waals surface area contributed by atoms with Gasteiger partial charge in [-0.05, 0) is 25.2 Å². The molecule has 1 fully saturated rings. The van der Waals surface area contributed by atoms with Gasteiger partial charge >= 0.3 is 0 Å². The van der Waals surface area contributed by atoms with Crippen molar-refractivity contribution in [1.82, 2.24) is 21.2 Å². The van der Waals surface area contributed by atoms with Gasteiger partial charge in [0.05, 0.1) is 6.04 Å². The maximum atomic E-state index is 13.3. The molecule has 0 unspecified atom stereocenters. The average Bonchev–Trinajstić information content (AvgIpc) is 2.80. The molecule has 1 aliphatic rings. The molecule has 1 heterocycles. The monoisotopic (exact) mass is 440 g/mol. The normalized spacial score (nSPS) is 19.3. The number of hydrazine groups is 1. The number of nitrogens with zero attached hydrogens (tertiary/aromatic N) is 1. The van der Waals surface area contributed by atoms with E-state index in [1.807, 2.05) is 13.8 Å². The molecule has 9 heteroatoms. The number of carbonyl (C=O) groups is 4. The predicted molar refractivity (Wildman–Crippen MR) is 117 cm³/mol. The molecule has 3 amide bonds. The number of hydrogen-bond donors (Lipinski definition) is 4. The summed E-state index contributed by atoms with van der Waals surface area (Å²) in [5.74, 6) is -1.98. The standard InChI is InChI=1S/C22H40N4O5/c1-5-8-9-11-16(14-19(28)25-31)22(30)26-17(12-10-13-23-26)21(29)24-20(15(4)6-2)18(27)7-3/h15-17,20,23,31H,5-14H2,1-4H3,(H,24,29)(H,25,28)/t15-,16-,17+,20-/m1/s1. The van der Waals surface area contributed by atoms with Crippen LogP contribution >= 0.6 is 0 Å². The first kappa shape index (κ1) is 27.0. The van der Waals surface area contributed by atoms with Crippen LogP contribution in [-0.2, 0) is 19.2 Å². The molecule has 0 spiro atoms. The largest absolute Gasteiger partial charge is 0.344 e. The van der Waals surface area contributed by atoms with E-state index in [2.05, 4.69) is 17.7 Å². The third-order valence-corrected chi connectivity index (χ3v) is 6.06. The molecule has 4 atom stereocenters. The number of carbonyl (C=O) groups excluding carboxylic acids is 4. The van der Waals surface area contributed by atoms with Crippen LogP contribution in [-0.4, -0.2) is 52.3 Å². The van der Waals surface area contributed by atoms with Crippen molar-refractivity contribution in [2.45, 2.75) is 97.6 Å². The minimum Gasteiger partial charge on any atom is -0.344 e. The quantitative estimate of drug-likeness (QED) is 0.197. The van der Waals surface area contributed by atoms with E-state index < -0.39 is 23.9 Å². The van der Waals surface area contributed by atoms with E-state index in [1.165, 1.54) is 5.01 Å². The molecule has 4 N–H and O–H groups in total. The fraction of sp³-hybridized carbons (Fsp3) is 0.818. The molecule has 31 heavy (non-hydrogen) atoms. The van der Waals surface area contributed by atoms with Crippen molar-refractivity contribution in [3.8, 4) is 0 Å². The molecule has 9 nitrogen and oxygen atoms in total. The summed E-state index contributed by atoms with van der Waals surface area (Å²) in [5.41, 5.74) is 4.61. The summed E-state index contributed by atoms with van der Waals surface area (Å²) >= 11 is 0. The lowest BCUT2D eigenvalue weighted by Crippen LogP contribution is -2.62. The first-order chi connectivity index (χ1) is 14.8. The van der Waals surface area contributed by atoms with Crippen molar-refractivity contribution in [2.24, 2.45) is 11.8 Å². The molecule has 0 radical (unpaired) electrons. The van der Waals surface area contributed by atoms with Crippen LogP contribution in [0.4, 0.5) is 0 Å². The number of amides is 3. The summed E-state index contributed by atoms with van der Waals surface area (Å²) in [7, 11) is 0. The Morgan fingerprint density at radius 2 is 1.87 bits per heavy atom. The zero-order valence-electron chi connectivity index (χ0n) is 19.4. The Kier molecular flexibility index (Phi) is 12.3. The third-order valence-electron chi connectivity index (χ3n) is 6.06. The number of rotatable bonds is 13. The van der Waals surface area contributed by atoms with E-state index in [1.54, 1.807) is 12.4 Å². The van der Waals surface area contributed by atoms with E-state index in [4.69, 9.17) is 5.21 Å². The van der Waals surface area contributed by atoms with Crippen molar-refractivity contribution in [3.05, 3.63) is 0 Å². The van der Waals surface area contributed by atoms with Crippen LogP contribution in [0.25, 0.3) is 0 Å². The minimum atomic E-state index is -0.747. The van der Waals surface area contributed by atoms with Crippen LogP contribution < -0.4 is 16.2 Å². The van der Waals surface area contributed by atoms with Gasteiger partial charge in [-0.25, -0.2) is 10.9 Å². The van der Waals surface area contributed by atoms with Gasteiger partial charge in [0, 0.05) is 25.3 Å². The van der Waals surface area contributed by atoms with Crippen LogP contribution in [0.2, 0.25) is 0 Å². The van der Waals surface area contributed by atoms with Gasteiger partial charge in [0.25, 0.3) is 0 Å². The van der Waals surface area contributed by atoms with Crippen molar-refractivity contribution in [3.63, 3.8) is 0 Å². The van der Waals surface area contributed by atoms with E-state index in [-0.39, 0.29) is 29.9 Å². The number of unbranched alkanes of at least 4 members (excludes halogenated alkanes) is 2. The summed E-state index contributed by atoms with van der Waals surface area (Å²) in [6.45, 7) is 8.27. The highest BCUT2D eigenvalue weighted by Crippen LogP contribution is 2.21. The molecule has 0 bridgehead atoms. The Morgan fingerprint density at radius 1 is 1.16 bits per heavy atom. The van der Waals surface area contributed by atoms with Crippen molar-refractivity contribution in [1.29, 1.82) is 0 Å². The summed E-state index contributed by atoms with van der Waals surface area (Å²) in [5, 5.41) is 13.1. The van der Waals surface area contributed by atoms with Gasteiger partial charge in [0.2, 0.25) is 17.7 Å². The zero-order chi connectivity index (χ0) is 23.4. The van der Waals surface area contributed by atoms with E-state index in [0.717, 1.165) is 32.1 Å². The fourth-order valence-electron chi connectivity index (χ4n) is 3.88. The molecule has 178 valence electrons. The molecule has 1 rings (SSSR count). The highest BCUT2D eigenvalue weighted by molar-refractivity contribution is 5.93. The lowest BCUT2D eigenvalue weighted by Gasteiger charge is -2.38. The van der Waals surface area contributed by atoms with E-state index in [0.29, 0.717) is 25.8 Å². The molecule has 0 aromatic rings. The van der Waals surface area contributed by atoms with Gasteiger partial charge < -0.3 is 5.32 Å². The second-order valence-corrected chi connectivity index (χ2v) is 8.40. The van der Waals surface area contributed by atoms with Crippen LogP contribution in [0.5, 0.6) is 0 Å². The molecule has 0 aromatic heterocycles. The van der Waals surface area contributed by atoms with E-state index in [9.17, 15) is 19.2 Å². The maximum absolute atomic E-state index is 13.3. The Balaban J connectivity index is 3.00. The Labute approximate surface area is 185 Å². The van der Waals surface area contributed by atoms with Gasteiger partial charge in [-0.2, -0.15) is 0 Å². The zero-order valence-corrected chi connectivity index (χ0v) is 19.4. The van der Waals surface area contributed by atoms with Gasteiger partial charge in [-0.15, -0.1) is 0 Å². The summed E-state index contributed by atoms with van der Waals surface area (Å²) in [6.07, 6.45) is 5.30. The minimum absolute atomic E-state index is 0.00727. The van der Waals surface area contributed by atoms with Crippen LogP contribution in [0.3, 0.4) is 0 Å². The molecule has 0 saturated carbocycles. The number of ketones is 1. The van der Waals surface area contributed by atoms with Gasteiger partial charge in [0.15, 0.2) is 5.78 Å². The molecule has 1 aliphatic heterocycles. The second kappa shape index (κ2) is 14.1. The summed E-state index contributed by atoms with van der Waals surface area (Å²) in [6, 6.07) is -1.33. The number of Topliss-reactive ketones (excluding diaryl/α,β-unsaturated/α-hetero) is 1. The van der Waals surface area contributed by atoms with Crippen molar-refractivity contribution >= 4 is 23.5 Å². The third kappa shape index (κ3) is 8.22. The average molecular weight is 441 g/mol. The Morgan fingerprint density at radius 3 is 2.45 bits per heavy atom. The van der Waals surface area contributed by atoms with Gasteiger partial charge in [-0.3, -0.25) is 29.4 Å². The summed E-state index contributed by atoms with van der Waals surface area (Å²) < 4.78 is 0. The number of hydrogen-bond acceptors (Lipinski definition) is 6. The number of nitrogens with one attached hydrogen (secondary N) is 3. The fourth-order valence-corrected chi connectivity index (χ4v) is 3.88. The molecule has 1 saturated heterocycles. The second-order valence-electron chi connectivity index (χ2n) is 8.40. The lowest BCUT2D eigenvalue weighted by atomic mass is 9.93. The Bertz CT molecular complexity index is 613. The van der Waals surface area contributed by atoms with Crippen molar-refractivity contribution < 1.29 is 24.4 Å². The highest BCUT2D eigenvalue weighted by Gasteiger charge is 2.38. The predicted octanol–water partition coefficient (Wildman–Crippen LogP) is 2.08. The molecule has 0 aliphatic carbocycles. The van der Waals surface area contributed by atoms with Crippen LogP contribution in [0.15, 0.2) is 0 Å². The number of hydroxylamine groups is 1. The summed E-state index contributed by atoms with van der Waals surface area (Å²) in [4.78, 5) is 50.5. The Hall–Kier alpha value is -2.00. The molecule has 0 aromatic carbocycles. The van der Waals surface area contributed by atoms with Crippen LogP contribution in [0.1, 0.15) is 85.5 Å². The molecular formula is C22H40N4O5. The first-order valence-electron chi connectivity index (χ1n) is 11.6. The lowest BCUT2D eigenvalue weighted by molar-refractivity contribution is -0.152. The van der Waals surface area contributed by atoms with Crippen molar-refractivity contribution in [2.75, 3.05) is 6.54 Å².